The highest BCUT2D eigenvalue weighted by molar-refractivity contribution is 5.95. The normalized spacial score (nSPS) is 15.8. The molecule has 0 aliphatic carbocycles. The Morgan fingerprint density at radius 2 is 1.95 bits per heavy atom. The first-order valence-electron chi connectivity index (χ1n) is 12.1. The zero-order valence-corrected chi connectivity index (χ0v) is 20.4. The van der Waals surface area contributed by atoms with Crippen molar-refractivity contribution in [1.82, 2.24) is 20.9 Å². The first-order chi connectivity index (χ1) is 18.5. The van der Waals surface area contributed by atoms with E-state index in [1.54, 1.807) is 30.2 Å². The summed E-state index contributed by atoms with van der Waals surface area (Å²) in [6, 6.07) is 14.9. The quantitative estimate of drug-likeness (QED) is 0.357. The van der Waals surface area contributed by atoms with Crippen molar-refractivity contribution in [3.05, 3.63) is 95.2 Å². The number of nitrogens with one attached hydrogen (secondary N) is 3. The molecule has 3 atom stereocenters. The van der Waals surface area contributed by atoms with E-state index in [1.807, 2.05) is 30.1 Å². The molecule has 0 spiro atoms. The van der Waals surface area contributed by atoms with Crippen LogP contribution >= 0.6 is 0 Å². The lowest BCUT2D eigenvalue weighted by Gasteiger charge is -2.25. The van der Waals surface area contributed by atoms with Crippen LogP contribution in [0, 0.1) is 11.7 Å². The van der Waals surface area contributed by atoms with Gasteiger partial charge in [-0.3, -0.25) is 4.79 Å². The second kappa shape index (κ2) is 12.4. The maximum Gasteiger partial charge on any atom is 0.270 e. The number of fused-ring (bicyclic) bond motifs is 1. The maximum atomic E-state index is 13.9. The number of benzene rings is 2. The number of aromatic nitrogens is 1. The molecule has 0 bridgehead atoms. The Kier molecular flexibility index (Phi) is 8.60. The molecule has 1 aromatic heterocycles. The van der Waals surface area contributed by atoms with E-state index in [-0.39, 0.29) is 23.7 Å². The Labute approximate surface area is 218 Å². The number of carbonyl (C=O) groups is 1. The molecular formula is C29H25FN4O4. The summed E-state index contributed by atoms with van der Waals surface area (Å²) >= 11 is 0. The molecule has 38 heavy (non-hydrogen) atoms. The van der Waals surface area contributed by atoms with Gasteiger partial charge in [0, 0.05) is 23.9 Å². The van der Waals surface area contributed by atoms with Crippen molar-refractivity contribution in [3.8, 4) is 0 Å². The van der Waals surface area contributed by atoms with Crippen molar-refractivity contribution in [2.45, 2.75) is 31.3 Å². The molecule has 1 amide bonds. The fraction of sp³-hybridized carbons (Fsp3) is 0.241. The Morgan fingerprint density at radius 1 is 1.11 bits per heavy atom. The van der Waals surface area contributed by atoms with Crippen LogP contribution in [0.25, 0.3) is 10.9 Å². The van der Waals surface area contributed by atoms with E-state index >= 15 is 0 Å². The van der Waals surface area contributed by atoms with Crippen LogP contribution in [-0.4, -0.2) is 47.3 Å². The average Bonchev–Trinajstić information content (AvgIpc) is 3.38. The van der Waals surface area contributed by atoms with E-state index in [4.69, 9.17) is 0 Å². The molecule has 2 heterocycles. The number of rotatable bonds is 10. The van der Waals surface area contributed by atoms with E-state index in [0.29, 0.717) is 36.2 Å². The minimum Gasteiger partial charge on any atom is -0.379 e. The third kappa shape index (κ3) is 6.49. The Hall–Kier alpha value is -4.80. The molecule has 4 rings (SSSR count). The predicted molar refractivity (Wildman–Crippen MR) is 139 cm³/mol. The summed E-state index contributed by atoms with van der Waals surface area (Å²) in [6.45, 7) is 0.597. The van der Waals surface area contributed by atoms with Crippen molar-refractivity contribution >= 4 is 34.6 Å². The summed E-state index contributed by atoms with van der Waals surface area (Å²) < 4.78 is 13.9. The highest BCUT2D eigenvalue weighted by Crippen LogP contribution is 2.23. The minimum absolute atomic E-state index is 0.0394. The maximum absolute atomic E-state index is 13.9. The molecule has 8 nitrogen and oxygen atoms in total. The predicted octanol–water partition coefficient (Wildman–Crippen LogP) is 2.49. The Bertz CT molecular complexity index is 1490. The molecular weight excluding hydrogens is 487 g/mol. The number of pyridine rings is 1. The highest BCUT2D eigenvalue weighted by Gasteiger charge is 2.27. The molecule has 9 heteroatoms. The molecule has 0 unspecified atom stereocenters. The van der Waals surface area contributed by atoms with Crippen molar-refractivity contribution in [1.29, 1.82) is 0 Å². The van der Waals surface area contributed by atoms with Gasteiger partial charge in [-0.25, -0.2) is 23.8 Å². The van der Waals surface area contributed by atoms with Gasteiger partial charge in [0.25, 0.3) is 5.91 Å². The summed E-state index contributed by atoms with van der Waals surface area (Å²) in [5, 5.41) is 9.60. The zero-order chi connectivity index (χ0) is 26.9. The second-order valence-electron chi connectivity index (χ2n) is 8.96. The molecule has 0 saturated carbocycles. The van der Waals surface area contributed by atoms with Crippen LogP contribution in [0.2, 0.25) is 0 Å². The summed E-state index contributed by atoms with van der Waals surface area (Å²) in [4.78, 5) is 52.2. The summed E-state index contributed by atoms with van der Waals surface area (Å²) in [5.41, 5.74) is 1.67. The van der Waals surface area contributed by atoms with Crippen LogP contribution in [-0.2, 0) is 20.8 Å². The fourth-order valence-corrected chi connectivity index (χ4v) is 4.53. The van der Waals surface area contributed by atoms with Crippen LogP contribution in [0.1, 0.15) is 28.9 Å². The van der Waals surface area contributed by atoms with Crippen molar-refractivity contribution in [2.75, 3.05) is 6.54 Å². The van der Waals surface area contributed by atoms with Crippen LogP contribution < -0.4 is 16.0 Å². The number of halogens is 1. The largest absolute Gasteiger partial charge is 0.379 e. The second-order valence-corrected chi connectivity index (χ2v) is 8.96. The number of nitrogens with zero attached hydrogens (tertiary/aromatic N) is 1. The molecule has 2 aromatic carbocycles. The molecule has 3 N–H and O–H groups in total. The molecule has 1 fully saturated rings. The topological polar surface area (TPSA) is 117 Å². The van der Waals surface area contributed by atoms with E-state index < -0.39 is 23.8 Å². The molecule has 0 radical (unpaired) electrons. The van der Waals surface area contributed by atoms with Crippen molar-refractivity contribution in [2.24, 2.45) is 5.92 Å². The van der Waals surface area contributed by atoms with Gasteiger partial charge < -0.3 is 16.0 Å². The van der Waals surface area contributed by atoms with Crippen LogP contribution in [0.5, 0.6) is 0 Å². The standard InChI is InChI=1S/C29H25FN4O4/c30-22-6-3-4-19(14-22)15-26(34-29(38)25-9-8-20-5-1-2-7-24(20)33-25)28(18-37)32-23(11-13-35)16-21-10-12-31-27(21)17-36/h1-9,11,14,21,23,26,31-32H,10,12,15-16H2,(H,34,38)/t21-,23+,26-/m0/s1. The van der Waals surface area contributed by atoms with Gasteiger partial charge in [-0.2, -0.15) is 0 Å². The van der Waals surface area contributed by atoms with E-state index in [1.165, 1.54) is 24.3 Å². The van der Waals surface area contributed by atoms with Crippen LogP contribution in [0.3, 0.4) is 0 Å². The van der Waals surface area contributed by atoms with Gasteiger partial charge >= 0.3 is 0 Å². The first kappa shape index (κ1) is 26.3. The van der Waals surface area contributed by atoms with Crippen LogP contribution in [0.15, 0.2) is 78.1 Å². The van der Waals surface area contributed by atoms with E-state index in [9.17, 15) is 23.6 Å². The highest BCUT2D eigenvalue weighted by atomic mass is 19.1. The van der Waals surface area contributed by atoms with Gasteiger partial charge in [-0.05, 0) is 49.1 Å². The lowest BCUT2D eigenvalue weighted by molar-refractivity contribution is 0.0936. The van der Waals surface area contributed by atoms with Crippen molar-refractivity contribution in [3.63, 3.8) is 0 Å². The van der Waals surface area contributed by atoms with Gasteiger partial charge in [0.15, 0.2) is 0 Å². The number of allylic oxidation sites excluding steroid dienone is 1. The Morgan fingerprint density at radius 3 is 2.71 bits per heavy atom. The van der Waals surface area contributed by atoms with E-state index in [2.05, 4.69) is 20.9 Å². The smallest absolute Gasteiger partial charge is 0.270 e. The summed E-state index contributed by atoms with van der Waals surface area (Å²) in [7, 11) is 0. The van der Waals surface area contributed by atoms with Crippen molar-refractivity contribution < 1.29 is 23.6 Å². The lowest BCUT2D eigenvalue weighted by Crippen LogP contribution is -2.45. The third-order valence-corrected chi connectivity index (χ3v) is 6.40. The third-order valence-electron chi connectivity index (χ3n) is 6.40. The molecule has 1 aliphatic heterocycles. The molecule has 1 saturated heterocycles. The number of para-hydroxylation sites is 1. The Balaban J connectivity index is 1.60. The zero-order valence-electron chi connectivity index (χ0n) is 20.4. The average molecular weight is 513 g/mol. The van der Waals surface area contributed by atoms with Gasteiger partial charge in [0.05, 0.1) is 23.3 Å². The number of amides is 1. The number of hydrogen-bond donors (Lipinski definition) is 3. The molecule has 1 aliphatic rings. The SMILES string of the molecule is O=C=C[C@H](C[C@@H]1CCNC1=C=O)NC(=C=O)[C@H](Cc1cccc(F)c1)NC(=O)c1ccc2ccccc2n1. The number of hydrogen-bond acceptors (Lipinski definition) is 7. The molecule has 192 valence electrons. The summed E-state index contributed by atoms with van der Waals surface area (Å²) in [5.74, 6) is 4.25. The van der Waals surface area contributed by atoms with Gasteiger partial charge in [-0.1, -0.05) is 36.4 Å². The van der Waals surface area contributed by atoms with Gasteiger partial charge in [0.2, 0.25) is 0 Å². The molecule has 3 aromatic rings. The fourth-order valence-electron chi connectivity index (χ4n) is 4.53. The van der Waals surface area contributed by atoms with Crippen LogP contribution in [0.4, 0.5) is 4.39 Å². The first-order valence-corrected chi connectivity index (χ1v) is 12.1. The summed E-state index contributed by atoms with van der Waals surface area (Å²) in [6.07, 6.45) is 2.25. The minimum atomic E-state index is -0.944. The number of carbonyl (C=O) groups excluding carboxylic acids is 4. The van der Waals surface area contributed by atoms with Gasteiger partial charge in [0.1, 0.15) is 35.0 Å². The lowest BCUT2D eigenvalue weighted by atomic mass is 9.95. The van der Waals surface area contributed by atoms with E-state index in [0.717, 1.165) is 5.39 Å². The monoisotopic (exact) mass is 512 g/mol. The van der Waals surface area contributed by atoms with Gasteiger partial charge in [-0.15, -0.1) is 0 Å².